The van der Waals surface area contributed by atoms with Crippen LogP contribution in [0.1, 0.15) is 10.4 Å². The second kappa shape index (κ2) is 8.31. The Hall–Kier alpha value is -2.53. The number of nitrogens with two attached hydrogens (primary N) is 1. The first-order valence-electron chi connectivity index (χ1n) is 9.03. The summed E-state index contributed by atoms with van der Waals surface area (Å²) in [6.07, 6.45) is 2.98. The van der Waals surface area contributed by atoms with Gasteiger partial charge in [0.05, 0.1) is 28.3 Å². The molecule has 1 aromatic carbocycles. The Morgan fingerprint density at radius 1 is 1.23 bits per heavy atom. The third kappa shape index (κ3) is 4.46. The number of carbonyl (C=O) groups is 1. The summed E-state index contributed by atoms with van der Waals surface area (Å²) >= 11 is 7.14. The molecule has 0 radical (unpaired) electrons. The number of thiophene rings is 1. The van der Waals surface area contributed by atoms with Crippen LogP contribution < -0.4 is 5.73 Å². The molecule has 0 saturated carbocycles. The lowest BCUT2D eigenvalue weighted by molar-refractivity contribution is -0.134. The van der Waals surface area contributed by atoms with Crippen molar-refractivity contribution in [1.29, 1.82) is 0 Å². The molecule has 1 fully saturated rings. The van der Waals surface area contributed by atoms with E-state index < -0.39 is 10.0 Å². The summed E-state index contributed by atoms with van der Waals surface area (Å²) in [6.45, 7) is 0.697. The number of nitrogens with zero attached hydrogens (tertiary/aromatic N) is 4. The zero-order chi connectivity index (χ0) is 21.3. The summed E-state index contributed by atoms with van der Waals surface area (Å²) in [4.78, 5) is 14.9. The lowest BCUT2D eigenvalue weighted by Gasteiger charge is -2.33. The maximum absolute atomic E-state index is 12.6. The van der Waals surface area contributed by atoms with E-state index in [1.165, 1.54) is 27.9 Å². The monoisotopic (exact) mass is 463 g/mol. The Morgan fingerprint density at radius 2 is 2.07 bits per heavy atom. The fourth-order valence-electron chi connectivity index (χ4n) is 3.17. The van der Waals surface area contributed by atoms with Crippen molar-refractivity contribution in [3.8, 4) is 0 Å². The molecule has 0 atom stereocenters. The van der Waals surface area contributed by atoms with Crippen LogP contribution in [0.4, 0.5) is 5.69 Å². The molecule has 0 aliphatic carbocycles. The number of hydrogen-bond acceptors (Lipinski definition) is 7. The minimum absolute atomic E-state index is 0.196. The number of benzene rings is 1. The summed E-state index contributed by atoms with van der Waals surface area (Å²) in [6, 6.07) is 9.01. The Morgan fingerprint density at radius 3 is 2.80 bits per heavy atom. The third-order valence-corrected chi connectivity index (χ3v) is 7.46. The second-order valence-corrected chi connectivity index (χ2v) is 10.4. The molecule has 0 spiro atoms. The molecule has 0 unspecified atom stereocenters. The van der Waals surface area contributed by atoms with Crippen LogP contribution in [0.25, 0.3) is 17.0 Å². The molecule has 30 heavy (non-hydrogen) atoms. The highest BCUT2D eigenvalue weighted by Crippen LogP contribution is 2.24. The number of aromatic nitrogens is 2. The van der Waals surface area contributed by atoms with E-state index in [4.69, 9.17) is 17.3 Å². The first kappa shape index (κ1) is 20.7. The molecule has 1 aliphatic rings. The van der Waals surface area contributed by atoms with E-state index in [-0.39, 0.29) is 19.0 Å². The highest BCUT2D eigenvalue weighted by molar-refractivity contribution is 7.92. The van der Waals surface area contributed by atoms with Crippen molar-refractivity contribution in [1.82, 2.24) is 19.4 Å². The van der Waals surface area contributed by atoms with E-state index in [2.05, 4.69) is 10.2 Å². The number of fused-ring (bicyclic) bond motifs is 1. The Kier molecular flexibility index (Phi) is 5.74. The number of anilines is 1. The molecular weight excluding hydrogens is 446 g/mol. The first-order valence-corrected chi connectivity index (χ1v) is 11.7. The molecule has 0 bridgehead atoms. The van der Waals surface area contributed by atoms with Crippen molar-refractivity contribution in [3.05, 3.63) is 56.7 Å². The van der Waals surface area contributed by atoms with E-state index >= 15 is 0 Å². The van der Waals surface area contributed by atoms with Gasteiger partial charge < -0.3 is 10.6 Å². The normalized spacial score (nSPS) is 16.0. The van der Waals surface area contributed by atoms with Gasteiger partial charge in [-0.05, 0) is 29.8 Å². The fraction of sp³-hybridized carbons (Fsp3) is 0.211. The highest BCUT2D eigenvalue weighted by Gasteiger charge is 2.30. The molecule has 8 nitrogen and oxygen atoms in total. The van der Waals surface area contributed by atoms with E-state index in [1.807, 2.05) is 18.2 Å². The molecule has 11 heteroatoms. The second-order valence-electron chi connectivity index (χ2n) is 6.79. The predicted molar refractivity (Wildman–Crippen MR) is 118 cm³/mol. The van der Waals surface area contributed by atoms with Gasteiger partial charge in [0, 0.05) is 35.3 Å². The Labute approximate surface area is 182 Å². The van der Waals surface area contributed by atoms with Gasteiger partial charge in [-0.1, -0.05) is 23.7 Å². The lowest BCUT2D eigenvalue weighted by atomic mass is 10.1. The van der Waals surface area contributed by atoms with Crippen LogP contribution in [0.15, 0.2) is 41.9 Å². The van der Waals surface area contributed by atoms with Gasteiger partial charge in [-0.15, -0.1) is 11.3 Å². The van der Waals surface area contributed by atoms with E-state index in [1.54, 1.807) is 17.0 Å². The number of amides is 1. The fourth-order valence-corrected chi connectivity index (χ4v) is 5.34. The Balaban J connectivity index is 1.43. The van der Waals surface area contributed by atoms with Crippen molar-refractivity contribution in [3.63, 3.8) is 0 Å². The SMILES string of the molecule is Nc1cnnc2cc(CN3CCN(S(=O)(=O)/C=C/c4ccc(Cl)s4)CC3=O)ccc12. The molecule has 3 aromatic rings. The van der Waals surface area contributed by atoms with E-state index in [9.17, 15) is 13.2 Å². The summed E-state index contributed by atoms with van der Waals surface area (Å²) in [5, 5.41) is 9.84. The number of piperazine rings is 1. The van der Waals surface area contributed by atoms with Crippen molar-refractivity contribution in [2.24, 2.45) is 0 Å². The maximum atomic E-state index is 12.6. The maximum Gasteiger partial charge on any atom is 0.238 e. The first-order chi connectivity index (χ1) is 14.3. The number of nitrogen functional groups attached to an aromatic ring is 1. The number of carbonyl (C=O) groups excluding carboxylic acids is 1. The molecule has 1 amide bonds. The van der Waals surface area contributed by atoms with Gasteiger partial charge >= 0.3 is 0 Å². The van der Waals surface area contributed by atoms with Crippen LogP contribution in [0, 0.1) is 0 Å². The molecule has 3 heterocycles. The third-order valence-electron chi connectivity index (χ3n) is 4.75. The lowest BCUT2D eigenvalue weighted by Crippen LogP contribution is -2.51. The van der Waals surface area contributed by atoms with Crippen LogP contribution in [-0.2, 0) is 21.4 Å². The van der Waals surface area contributed by atoms with Gasteiger partial charge in [-0.2, -0.15) is 14.5 Å². The van der Waals surface area contributed by atoms with Crippen molar-refractivity contribution < 1.29 is 13.2 Å². The van der Waals surface area contributed by atoms with Crippen LogP contribution in [0.3, 0.4) is 0 Å². The van der Waals surface area contributed by atoms with Crippen LogP contribution in [0.2, 0.25) is 4.34 Å². The smallest absolute Gasteiger partial charge is 0.238 e. The number of halogens is 1. The molecule has 156 valence electrons. The van der Waals surface area contributed by atoms with Gasteiger partial charge in [0.1, 0.15) is 0 Å². The summed E-state index contributed by atoms with van der Waals surface area (Å²) in [7, 11) is -3.70. The molecule has 1 saturated heterocycles. The van der Waals surface area contributed by atoms with Gasteiger partial charge in [-0.3, -0.25) is 4.79 Å². The quantitative estimate of drug-likeness (QED) is 0.622. The molecular formula is C19H18ClN5O3S2. The number of hydrogen-bond donors (Lipinski definition) is 1. The molecule has 4 rings (SSSR count). The largest absolute Gasteiger partial charge is 0.397 e. The zero-order valence-electron chi connectivity index (χ0n) is 15.7. The average Bonchev–Trinajstić information content (AvgIpc) is 3.13. The van der Waals surface area contributed by atoms with Crippen molar-refractivity contribution in [2.45, 2.75) is 6.54 Å². The summed E-state index contributed by atoms with van der Waals surface area (Å²) in [5.74, 6) is -0.254. The zero-order valence-corrected chi connectivity index (χ0v) is 18.1. The van der Waals surface area contributed by atoms with Crippen LogP contribution in [0.5, 0.6) is 0 Å². The van der Waals surface area contributed by atoms with Gasteiger partial charge in [-0.25, -0.2) is 8.42 Å². The average molecular weight is 464 g/mol. The minimum atomic E-state index is -3.70. The van der Waals surface area contributed by atoms with E-state index in [0.717, 1.165) is 21.2 Å². The number of rotatable bonds is 5. The van der Waals surface area contributed by atoms with Gasteiger partial charge in [0.2, 0.25) is 15.9 Å². The topological polar surface area (TPSA) is 109 Å². The van der Waals surface area contributed by atoms with Crippen molar-refractivity contribution in [2.75, 3.05) is 25.4 Å². The molecule has 2 N–H and O–H groups in total. The Bertz CT molecular complexity index is 1240. The van der Waals surface area contributed by atoms with Crippen LogP contribution >= 0.6 is 22.9 Å². The summed E-state index contributed by atoms with van der Waals surface area (Å²) in [5.41, 5.74) is 7.96. The van der Waals surface area contributed by atoms with E-state index in [0.29, 0.717) is 28.6 Å². The molecule has 2 aromatic heterocycles. The number of sulfonamides is 1. The summed E-state index contributed by atoms with van der Waals surface area (Å²) < 4.78 is 26.9. The minimum Gasteiger partial charge on any atom is -0.397 e. The van der Waals surface area contributed by atoms with Crippen LogP contribution in [-0.4, -0.2) is 53.4 Å². The molecule has 1 aliphatic heterocycles. The predicted octanol–water partition coefficient (Wildman–Crippen LogP) is 2.57. The standard InChI is InChI=1S/C19H18ClN5O3S2/c20-18-4-2-14(29-18)5-8-30(27,28)25-7-6-24(19(26)12-25)11-13-1-3-15-16(21)10-22-23-17(15)9-13/h1-5,8-10H,6-7,11-12H2,(H2,21,23)/b8-5+. The van der Waals surface area contributed by atoms with Gasteiger partial charge in [0.15, 0.2) is 0 Å². The highest BCUT2D eigenvalue weighted by atomic mass is 35.5. The van der Waals surface area contributed by atoms with Crippen molar-refractivity contribution >= 4 is 61.5 Å². The van der Waals surface area contributed by atoms with Gasteiger partial charge in [0.25, 0.3) is 0 Å².